The number of nitrogens with one attached hydrogen (secondary N) is 2. The van der Waals surface area contributed by atoms with Crippen molar-refractivity contribution >= 4 is 5.91 Å². The fourth-order valence-corrected chi connectivity index (χ4v) is 3.05. The van der Waals surface area contributed by atoms with E-state index < -0.39 is 0 Å². The molecule has 0 aliphatic heterocycles. The molecule has 150 valence electrons. The fraction of sp³-hybridized carbons (Fsp3) is 0.952. The van der Waals surface area contributed by atoms with Gasteiger partial charge in [0.1, 0.15) is 0 Å². The van der Waals surface area contributed by atoms with Crippen LogP contribution in [0.3, 0.4) is 0 Å². The van der Waals surface area contributed by atoms with Gasteiger partial charge in [0, 0.05) is 19.6 Å². The van der Waals surface area contributed by atoms with Crippen LogP contribution in [-0.2, 0) is 4.79 Å². The monoisotopic (exact) mass is 356 g/mol. The predicted molar refractivity (Wildman–Crippen MR) is 107 cm³/mol. The Morgan fingerprint density at radius 1 is 0.680 bits per heavy atom. The number of hydrazine groups is 1. The molecule has 3 N–H and O–H groups in total. The predicted octanol–water partition coefficient (Wildman–Crippen LogP) is 5.25. The van der Waals surface area contributed by atoms with Crippen molar-refractivity contribution in [3.05, 3.63) is 0 Å². The van der Waals surface area contributed by atoms with Gasteiger partial charge in [-0.3, -0.25) is 10.2 Å². The first-order valence-electron chi connectivity index (χ1n) is 10.9. The maximum absolute atomic E-state index is 11.5. The van der Waals surface area contributed by atoms with Crippen molar-refractivity contribution in [1.29, 1.82) is 0 Å². The molecule has 0 radical (unpaired) electrons. The SMILES string of the molecule is CCCCCCCCCCCCCCCCCC(=O)NNCCCO. The summed E-state index contributed by atoms with van der Waals surface area (Å²) in [4.78, 5) is 11.5. The van der Waals surface area contributed by atoms with Gasteiger partial charge in [0.2, 0.25) is 5.91 Å². The quantitative estimate of drug-likeness (QED) is 0.206. The molecule has 0 rings (SSSR count). The minimum absolute atomic E-state index is 0.0626. The molecule has 4 heteroatoms. The third-order valence-corrected chi connectivity index (χ3v) is 4.70. The van der Waals surface area contributed by atoms with E-state index >= 15 is 0 Å². The van der Waals surface area contributed by atoms with Crippen molar-refractivity contribution in [3.8, 4) is 0 Å². The normalized spacial score (nSPS) is 11.0. The number of aliphatic hydroxyl groups excluding tert-OH is 1. The molecule has 0 saturated heterocycles. The number of carbonyl (C=O) groups excluding carboxylic acids is 1. The molecule has 0 aromatic rings. The first kappa shape index (κ1) is 24.4. The second-order valence-corrected chi connectivity index (χ2v) is 7.25. The first-order chi connectivity index (χ1) is 12.3. The lowest BCUT2D eigenvalue weighted by atomic mass is 10.0. The van der Waals surface area contributed by atoms with E-state index in [0.29, 0.717) is 19.4 Å². The summed E-state index contributed by atoms with van der Waals surface area (Å²) in [5.74, 6) is 0.0626. The van der Waals surface area contributed by atoms with Crippen molar-refractivity contribution in [2.75, 3.05) is 13.2 Å². The average molecular weight is 357 g/mol. The maximum Gasteiger partial charge on any atom is 0.234 e. The number of rotatable bonds is 20. The van der Waals surface area contributed by atoms with Gasteiger partial charge in [-0.2, -0.15) is 0 Å². The number of aliphatic hydroxyl groups is 1. The molecule has 0 spiro atoms. The molecule has 4 nitrogen and oxygen atoms in total. The van der Waals surface area contributed by atoms with Gasteiger partial charge in [-0.15, -0.1) is 0 Å². The lowest BCUT2D eigenvalue weighted by Gasteiger charge is -2.06. The lowest BCUT2D eigenvalue weighted by molar-refractivity contribution is -0.122. The van der Waals surface area contributed by atoms with Gasteiger partial charge < -0.3 is 5.11 Å². The first-order valence-corrected chi connectivity index (χ1v) is 10.9. The highest BCUT2D eigenvalue weighted by Crippen LogP contribution is 2.13. The molecule has 25 heavy (non-hydrogen) atoms. The molecule has 0 unspecified atom stereocenters. The molecular weight excluding hydrogens is 312 g/mol. The Labute approximate surface area is 156 Å². The smallest absolute Gasteiger partial charge is 0.234 e. The third kappa shape index (κ3) is 21.3. The molecule has 0 heterocycles. The fourth-order valence-electron chi connectivity index (χ4n) is 3.05. The molecule has 1 amide bonds. The summed E-state index contributed by atoms with van der Waals surface area (Å²) in [5, 5.41) is 8.63. The zero-order valence-corrected chi connectivity index (χ0v) is 16.8. The minimum Gasteiger partial charge on any atom is -0.396 e. The van der Waals surface area contributed by atoms with Crippen molar-refractivity contribution in [2.45, 2.75) is 116 Å². The third-order valence-electron chi connectivity index (χ3n) is 4.70. The number of hydrogen-bond donors (Lipinski definition) is 3. The van der Waals surface area contributed by atoms with Crippen LogP contribution < -0.4 is 10.9 Å². The van der Waals surface area contributed by atoms with Gasteiger partial charge in [-0.1, -0.05) is 96.8 Å². The van der Waals surface area contributed by atoms with Crippen LogP contribution in [-0.4, -0.2) is 24.2 Å². The van der Waals surface area contributed by atoms with Gasteiger partial charge in [-0.25, -0.2) is 5.43 Å². The Kier molecular flexibility index (Phi) is 20.9. The van der Waals surface area contributed by atoms with E-state index in [1.165, 1.54) is 83.5 Å². The van der Waals surface area contributed by atoms with Crippen LogP contribution in [0.2, 0.25) is 0 Å². The lowest BCUT2D eigenvalue weighted by Crippen LogP contribution is -2.38. The number of carbonyl (C=O) groups is 1. The van der Waals surface area contributed by atoms with Crippen molar-refractivity contribution < 1.29 is 9.90 Å². The van der Waals surface area contributed by atoms with Crippen LogP contribution >= 0.6 is 0 Å². The highest BCUT2D eigenvalue weighted by atomic mass is 16.3. The Morgan fingerprint density at radius 3 is 1.56 bits per heavy atom. The van der Waals surface area contributed by atoms with Crippen molar-refractivity contribution in [2.24, 2.45) is 0 Å². The number of amides is 1. The zero-order chi connectivity index (χ0) is 18.4. The Hall–Kier alpha value is -0.610. The molecule has 0 fully saturated rings. The van der Waals surface area contributed by atoms with Crippen molar-refractivity contribution in [1.82, 2.24) is 10.9 Å². The number of unbranched alkanes of at least 4 members (excludes halogenated alkanes) is 14. The molecule has 0 aliphatic carbocycles. The number of hydrogen-bond acceptors (Lipinski definition) is 3. The average Bonchev–Trinajstić information content (AvgIpc) is 2.62. The van der Waals surface area contributed by atoms with Crippen LogP contribution in [0.25, 0.3) is 0 Å². The van der Waals surface area contributed by atoms with E-state index in [2.05, 4.69) is 17.8 Å². The largest absolute Gasteiger partial charge is 0.396 e. The molecule has 0 aromatic carbocycles. The molecule has 0 bridgehead atoms. The highest BCUT2D eigenvalue weighted by molar-refractivity contribution is 5.75. The Morgan fingerprint density at radius 2 is 1.12 bits per heavy atom. The summed E-state index contributed by atoms with van der Waals surface area (Å²) in [6.07, 6.45) is 21.4. The van der Waals surface area contributed by atoms with Gasteiger partial charge in [-0.05, 0) is 12.8 Å². The van der Waals surface area contributed by atoms with Crippen LogP contribution in [0.15, 0.2) is 0 Å². The minimum atomic E-state index is 0.0626. The van der Waals surface area contributed by atoms with Gasteiger partial charge in [0.15, 0.2) is 0 Å². The van der Waals surface area contributed by atoms with Gasteiger partial charge in [0.25, 0.3) is 0 Å². The summed E-state index contributed by atoms with van der Waals surface area (Å²) in [6.45, 7) is 3.06. The Balaban J connectivity index is 3.08. The second-order valence-electron chi connectivity index (χ2n) is 7.25. The van der Waals surface area contributed by atoms with E-state index in [1.54, 1.807) is 0 Å². The van der Waals surface area contributed by atoms with E-state index in [9.17, 15) is 4.79 Å². The van der Waals surface area contributed by atoms with Crippen LogP contribution in [0.5, 0.6) is 0 Å². The van der Waals surface area contributed by atoms with Crippen LogP contribution in [0.1, 0.15) is 116 Å². The molecule has 0 aliphatic rings. The molecule has 0 atom stereocenters. The molecular formula is C21H44N2O2. The maximum atomic E-state index is 11.5. The van der Waals surface area contributed by atoms with Crippen molar-refractivity contribution in [3.63, 3.8) is 0 Å². The highest BCUT2D eigenvalue weighted by Gasteiger charge is 2.00. The van der Waals surface area contributed by atoms with Gasteiger partial charge >= 0.3 is 0 Å². The Bertz CT molecular complexity index is 273. The second kappa shape index (κ2) is 21.4. The zero-order valence-electron chi connectivity index (χ0n) is 16.8. The van der Waals surface area contributed by atoms with Crippen LogP contribution in [0, 0.1) is 0 Å². The summed E-state index contributed by atoms with van der Waals surface area (Å²) < 4.78 is 0. The van der Waals surface area contributed by atoms with Gasteiger partial charge in [0.05, 0.1) is 0 Å². The molecule has 0 saturated carbocycles. The summed E-state index contributed by atoms with van der Waals surface area (Å²) >= 11 is 0. The van der Waals surface area contributed by atoms with E-state index in [4.69, 9.17) is 5.11 Å². The van der Waals surface area contributed by atoms with E-state index in [-0.39, 0.29) is 12.5 Å². The van der Waals surface area contributed by atoms with E-state index in [0.717, 1.165) is 12.8 Å². The standard InChI is InChI=1S/C21H44N2O2/c1-2-3-4-5-6-7-8-9-10-11-12-13-14-15-16-18-21(25)23-22-19-17-20-24/h22,24H,2-20H2,1H3,(H,23,25). The summed E-state index contributed by atoms with van der Waals surface area (Å²) in [6, 6.07) is 0. The molecule has 0 aromatic heterocycles. The summed E-state index contributed by atoms with van der Waals surface area (Å²) in [5.41, 5.74) is 5.50. The van der Waals surface area contributed by atoms with Crippen LogP contribution in [0.4, 0.5) is 0 Å². The topological polar surface area (TPSA) is 61.4 Å². The summed E-state index contributed by atoms with van der Waals surface area (Å²) in [7, 11) is 0. The van der Waals surface area contributed by atoms with E-state index in [1.807, 2.05) is 0 Å².